The predicted molar refractivity (Wildman–Crippen MR) is 95.0 cm³/mol. The van der Waals surface area contributed by atoms with Gasteiger partial charge in [-0.25, -0.2) is 0 Å². The fourth-order valence-corrected chi connectivity index (χ4v) is 2.25. The van der Waals surface area contributed by atoms with Gasteiger partial charge in [0, 0.05) is 36.7 Å². The third-order valence-electron chi connectivity index (χ3n) is 3.50. The highest BCUT2D eigenvalue weighted by Gasteiger charge is 2.04. The summed E-state index contributed by atoms with van der Waals surface area (Å²) in [4.78, 5) is 0. The molecule has 0 bridgehead atoms. The highest BCUT2D eigenvalue weighted by molar-refractivity contribution is 5.60. The van der Waals surface area contributed by atoms with Gasteiger partial charge < -0.3 is 21.5 Å². The number of nitrogen functional groups attached to an aromatic ring is 1. The first-order valence-electron chi connectivity index (χ1n) is 7.67. The SMILES string of the molecule is CCN(O)c1ccc(NCc2cc(N)ccc2NCCO)cc1. The third kappa shape index (κ3) is 4.77. The summed E-state index contributed by atoms with van der Waals surface area (Å²) in [6, 6.07) is 13.2. The topological polar surface area (TPSA) is 93.8 Å². The largest absolute Gasteiger partial charge is 0.399 e. The van der Waals surface area contributed by atoms with Crippen LogP contribution in [0.25, 0.3) is 0 Å². The van der Waals surface area contributed by atoms with E-state index in [-0.39, 0.29) is 6.61 Å². The number of benzene rings is 2. The first-order valence-corrected chi connectivity index (χ1v) is 7.67. The van der Waals surface area contributed by atoms with Crippen molar-refractivity contribution in [1.82, 2.24) is 0 Å². The molecule has 23 heavy (non-hydrogen) atoms. The maximum atomic E-state index is 9.65. The van der Waals surface area contributed by atoms with Gasteiger partial charge in [0.1, 0.15) is 0 Å². The van der Waals surface area contributed by atoms with E-state index in [0.717, 1.165) is 22.6 Å². The van der Waals surface area contributed by atoms with E-state index in [1.807, 2.05) is 49.4 Å². The predicted octanol–water partition coefficient (Wildman–Crippen LogP) is 2.50. The Morgan fingerprint density at radius 2 is 1.83 bits per heavy atom. The van der Waals surface area contributed by atoms with Crippen molar-refractivity contribution >= 4 is 22.7 Å². The van der Waals surface area contributed by atoms with Crippen molar-refractivity contribution in [1.29, 1.82) is 0 Å². The van der Waals surface area contributed by atoms with Crippen molar-refractivity contribution in [2.24, 2.45) is 0 Å². The average molecular weight is 316 g/mol. The zero-order chi connectivity index (χ0) is 16.7. The summed E-state index contributed by atoms with van der Waals surface area (Å²) in [6.07, 6.45) is 0. The van der Waals surface area contributed by atoms with Crippen molar-refractivity contribution in [2.45, 2.75) is 13.5 Å². The van der Waals surface area contributed by atoms with E-state index < -0.39 is 0 Å². The molecular formula is C17H24N4O2. The Balaban J connectivity index is 2.03. The number of nitrogens with one attached hydrogen (secondary N) is 2. The second-order valence-corrected chi connectivity index (χ2v) is 5.18. The summed E-state index contributed by atoms with van der Waals surface area (Å²) in [5, 5.41) is 26.3. The van der Waals surface area contributed by atoms with Gasteiger partial charge in [0.25, 0.3) is 0 Å². The second-order valence-electron chi connectivity index (χ2n) is 5.18. The number of aliphatic hydroxyl groups is 1. The number of hydrogen-bond donors (Lipinski definition) is 5. The summed E-state index contributed by atoms with van der Waals surface area (Å²) in [6.45, 7) is 3.60. The quantitative estimate of drug-likeness (QED) is 0.379. The fraction of sp³-hybridized carbons (Fsp3) is 0.294. The van der Waals surface area contributed by atoms with Gasteiger partial charge in [0.05, 0.1) is 12.3 Å². The summed E-state index contributed by atoms with van der Waals surface area (Å²) < 4.78 is 0. The number of hydroxylamine groups is 1. The van der Waals surface area contributed by atoms with Crippen LogP contribution in [0.15, 0.2) is 42.5 Å². The van der Waals surface area contributed by atoms with E-state index in [1.165, 1.54) is 5.06 Å². The highest BCUT2D eigenvalue weighted by Crippen LogP contribution is 2.21. The van der Waals surface area contributed by atoms with Crippen LogP contribution in [-0.4, -0.2) is 30.0 Å². The van der Waals surface area contributed by atoms with Crippen molar-refractivity contribution in [3.8, 4) is 0 Å². The molecule has 0 aromatic heterocycles. The highest BCUT2D eigenvalue weighted by atomic mass is 16.5. The molecule has 124 valence electrons. The van der Waals surface area contributed by atoms with E-state index >= 15 is 0 Å². The number of nitrogens with zero attached hydrogens (tertiary/aromatic N) is 1. The molecule has 6 N–H and O–H groups in total. The van der Waals surface area contributed by atoms with Gasteiger partial charge in [-0.3, -0.25) is 10.3 Å². The van der Waals surface area contributed by atoms with Crippen LogP contribution in [0.3, 0.4) is 0 Å². The van der Waals surface area contributed by atoms with Gasteiger partial charge in [-0.2, -0.15) is 0 Å². The molecule has 0 aliphatic carbocycles. The Morgan fingerprint density at radius 3 is 2.48 bits per heavy atom. The van der Waals surface area contributed by atoms with Gasteiger partial charge in [0.2, 0.25) is 0 Å². The molecular weight excluding hydrogens is 292 g/mol. The average Bonchev–Trinajstić information content (AvgIpc) is 2.59. The standard InChI is InChI=1S/C17H24N4O2/c1-2-21(23)16-6-4-15(5-7-16)20-12-13-11-14(18)3-8-17(13)19-9-10-22/h3-8,11,19-20,22-23H,2,9-10,12,18H2,1H3. The van der Waals surface area contributed by atoms with Crippen LogP contribution >= 0.6 is 0 Å². The molecule has 0 fully saturated rings. The van der Waals surface area contributed by atoms with Gasteiger partial charge >= 0.3 is 0 Å². The molecule has 0 aliphatic heterocycles. The third-order valence-corrected chi connectivity index (χ3v) is 3.50. The molecule has 6 nitrogen and oxygen atoms in total. The molecule has 0 amide bonds. The van der Waals surface area contributed by atoms with Crippen molar-refractivity contribution in [3.63, 3.8) is 0 Å². The van der Waals surface area contributed by atoms with Crippen LogP contribution in [0.4, 0.5) is 22.7 Å². The number of nitrogens with two attached hydrogens (primary N) is 1. The molecule has 6 heteroatoms. The molecule has 2 rings (SSSR count). The van der Waals surface area contributed by atoms with E-state index in [2.05, 4.69) is 10.6 Å². The number of hydrogen-bond acceptors (Lipinski definition) is 6. The fourth-order valence-electron chi connectivity index (χ4n) is 2.25. The minimum atomic E-state index is 0.0772. The zero-order valence-electron chi connectivity index (χ0n) is 13.3. The van der Waals surface area contributed by atoms with E-state index in [9.17, 15) is 5.21 Å². The van der Waals surface area contributed by atoms with Crippen LogP contribution in [0.1, 0.15) is 12.5 Å². The Labute approximate surface area is 136 Å². The van der Waals surface area contributed by atoms with E-state index in [0.29, 0.717) is 25.3 Å². The molecule has 0 unspecified atom stereocenters. The van der Waals surface area contributed by atoms with Crippen LogP contribution in [0.2, 0.25) is 0 Å². The molecule has 0 atom stereocenters. The van der Waals surface area contributed by atoms with Crippen molar-refractivity contribution < 1.29 is 10.3 Å². The summed E-state index contributed by atoms with van der Waals surface area (Å²) in [5.41, 5.74) is 10.2. The van der Waals surface area contributed by atoms with Crippen LogP contribution < -0.4 is 21.4 Å². The molecule has 0 aliphatic rings. The summed E-state index contributed by atoms with van der Waals surface area (Å²) in [5.74, 6) is 0. The van der Waals surface area contributed by atoms with Crippen LogP contribution in [-0.2, 0) is 6.54 Å². The molecule has 2 aromatic carbocycles. The molecule has 2 aromatic rings. The molecule has 0 radical (unpaired) electrons. The lowest BCUT2D eigenvalue weighted by molar-refractivity contribution is 0.260. The van der Waals surface area contributed by atoms with E-state index in [1.54, 1.807) is 0 Å². The summed E-state index contributed by atoms with van der Waals surface area (Å²) in [7, 11) is 0. The normalized spacial score (nSPS) is 10.4. The van der Waals surface area contributed by atoms with Crippen LogP contribution in [0, 0.1) is 0 Å². The zero-order valence-corrected chi connectivity index (χ0v) is 13.3. The van der Waals surface area contributed by atoms with Gasteiger partial charge in [0.15, 0.2) is 0 Å². The molecule has 0 saturated carbocycles. The Morgan fingerprint density at radius 1 is 1.09 bits per heavy atom. The lowest BCUT2D eigenvalue weighted by Crippen LogP contribution is -2.16. The number of aliphatic hydroxyl groups excluding tert-OH is 1. The van der Waals surface area contributed by atoms with Crippen molar-refractivity contribution in [2.75, 3.05) is 41.1 Å². The second kappa shape index (κ2) is 8.26. The summed E-state index contributed by atoms with van der Waals surface area (Å²) >= 11 is 0. The molecule has 0 spiro atoms. The first kappa shape index (κ1) is 16.9. The van der Waals surface area contributed by atoms with Gasteiger partial charge in [-0.05, 0) is 55.0 Å². The number of anilines is 4. The smallest absolute Gasteiger partial charge is 0.0635 e. The maximum Gasteiger partial charge on any atom is 0.0635 e. The molecule has 0 heterocycles. The number of rotatable bonds is 8. The van der Waals surface area contributed by atoms with Crippen LogP contribution in [0.5, 0.6) is 0 Å². The maximum absolute atomic E-state index is 9.65. The van der Waals surface area contributed by atoms with E-state index in [4.69, 9.17) is 10.8 Å². The van der Waals surface area contributed by atoms with Gasteiger partial charge in [-0.1, -0.05) is 0 Å². The van der Waals surface area contributed by atoms with Gasteiger partial charge in [-0.15, -0.1) is 0 Å². The Bertz CT molecular complexity index is 616. The van der Waals surface area contributed by atoms with Crippen molar-refractivity contribution in [3.05, 3.63) is 48.0 Å². The Kier molecular flexibility index (Phi) is 6.08. The minimum absolute atomic E-state index is 0.0772. The molecule has 0 saturated heterocycles. The Hall–Kier alpha value is -2.44. The lowest BCUT2D eigenvalue weighted by atomic mass is 10.1. The minimum Gasteiger partial charge on any atom is -0.399 e. The first-order chi connectivity index (χ1) is 11.1. The lowest BCUT2D eigenvalue weighted by Gasteiger charge is -2.16. The monoisotopic (exact) mass is 316 g/mol.